The fraction of sp³-hybridized carbons (Fsp3) is 0.667. The predicted octanol–water partition coefficient (Wildman–Crippen LogP) is 3.36. The Morgan fingerprint density at radius 2 is 2.11 bits per heavy atom. The summed E-state index contributed by atoms with van der Waals surface area (Å²) in [6.07, 6.45) is 14.1. The molecule has 2 aliphatic carbocycles. The molecular formula is C15H22N2S. The minimum absolute atomic E-state index is 0.238. The normalized spacial score (nSPS) is 31.2. The molecule has 0 aromatic heterocycles. The molecule has 0 aromatic carbocycles. The van der Waals surface area contributed by atoms with E-state index in [1.807, 2.05) is 11.6 Å². The van der Waals surface area contributed by atoms with Crippen LogP contribution in [0.3, 0.4) is 0 Å². The van der Waals surface area contributed by atoms with Crippen molar-refractivity contribution in [1.82, 2.24) is 10.2 Å². The van der Waals surface area contributed by atoms with Crippen LogP contribution in [0.15, 0.2) is 23.5 Å². The smallest absolute Gasteiger partial charge is 0.128 e. The highest BCUT2D eigenvalue weighted by molar-refractivity contribution is 7.79. The number of allylic oxidation sites excluding steroid dienone is 2. The van der Waals surface area contributed by atoms with E-state index in [-0.39, 0.29) is 6.17 Å². The van der Waals surface area contributed by atoms with Crippen molar-refractivity contribution in [3.63, 3.8) is 0 Å². The summed E-state index contributed by atoms with van der Waals surface area (Å²) in [5.41, 5.74) is 3.60. The SMILES string of the molecule is S=CC1NC=CN1CC1CCC2=C(CCCC2)C1. The highest BCUT2D eigenvalue weighted by atomic mass is 32.1. The second-order valence-corrected chi connectivity index (χ2v) is 6.06. The summed E-state index contributed by atoms with van der Waals surface area (Å²) in [5, 5.41) is 5.10. The molecule has 0 amide bonds. The summed E-state index contributed by atoms with van der Waals surface area (Å²) in [6, 6.07) is 0. The maximum atomic E-state index is 5.07. The Kier molecular flexibility index (Phi) is 3.69. The van der Waals surface area contributed by atoms with Crippen LogP contribution in [-0.2, 0) is 0 Å². The number of nitrogens with zero attached hydrogens (tertiary/aromatic N) is 1. The van der Waals surface area contributed by atoms with Crippen molar-refractivity contribution < 1.29 is 0 Å². The van der Waals surface area contributed by atoms with Crippen LogP contribution in [0.5, 0.6) is 0 Å². The molecule has 0 aromatic rings. The molecule has 0 spiro atoms. The van der Waals surface area contributed by atoms with Crippen LogP contribution in [0, 0.1) is 5.92 Å². The fourth-order valence-electron chi connectivity index (χ4n) is 3.58. The van der Waals surface area contributed by atoms with E-state index in [1.165, 1.54) is 44.9 Å². The summed E-state index contributed by atoms with van der Waals surface area (Å²) in [7, 11) is 0. The van der Waals surface area contributed by atoms with Crippen molar-refractivity contribution in [2.24, 2.45) is 5.92 Å². The zero-order chi connectivity index (χ0) is 12.4. The molecule has 98 valence electrons. The minimum atomic E-state index is 0.238. The van der Waals surface area contributed by atoms with Crippen LogP contribution >= 0.6 is 12.2 Å². The number of rotatable bonds is 3. The third-order valence-electron chi connectivity index (χ3n) is 4.58. The molecule has 2 nitrogen and oxygen atoms in total. The molecule has 2 atom stereocenters. The molecule has 1 aliphatic heterocycles. The van der Waals surface area contributed by atoms with Gasteiger partial charge in [0.05, 0.1) is 0 Å². The van der Waals surface area contributed by atoms with Crippen molar-refractivity contribution in [2.75, 3.05) is 6.54 Å². The van der Waals surface area contributed by atoms with Crippen LogP contribution in [0.2, 0.25) is 0 Å². The van der Waals surface area contributed by atoms with Gasteiger partial charge in [0.15, 0.2) is 0 Å². The Bertz CT molecular complexity index is 386. The lowest BCUT2D eigenvalue weighted by Gasteiger charge is -2.33. The lowest BCUT2D eigenvalue weighted by molar-refractivity contribution is 0.267. The molecular weight excluding hydrogens is 240 g/mol. The van der Waals surface area contributed by atoms with Gasteiger partial charge < -0.3 is 10.2 Å². The molecule has 3 heteroatoms. The third-order valence-corrected chi connectivity index (χ3v) is 4.84. The lowest BCUT2D eigenvalue weighted by Crippen LogP contribution is -2.39. The van der Waals surface area contributed by atoms with Gasteiger partial charge in [-0.05, 0) is 50.9 Å². The first-order valence-corrected chi connectivity index (χ1v) is 7.67. The quantitative estimate of drug-likeness (QED) is 0.620. The van der Waals surface area contributed by atoms with Crippen molar-refractivity contribution in [3.05, 3.63) is 23.5 Å². The molecule has 2 unspecified atom stereocenters. The van der Waals surface area contributed by atoms with Crippen LogP contribution in [0.25, 0.3) is 0 Å². The largest absolute Gasteiger partial charge is 0.366 e. The van der Waals surface area contributed by atoms with Crippen molar-refractivity contribution in [2.45, 2.75) is 51.1 Å². The van der Waals surface area contributed by atoms with E-state index in [4.69, 9.17) is 12.2 Å². The summed E-state index contributed by atoms with van der Waals surface area (Å²) < 4.78 is 0. The molecule has 0 saturated carbocycles. The zero-order valence-electron chi connectivity index (χ0n) is 10.9. The Hall–Kier alpha value is -0.830. The topological polar surface area (TPSA) is 15.3 Å². The average molecular weight is 262 g/mol. The van der Waals surface area contributed by atoms with Crippen LogP contribution in [0.4, 0.5) is 0 Å². The van der Waals surface area contributed by atoms with Gasteiger partial charge in [-0.3, -0.25) is 0 Å². The van der Waals surface area contributed by atoms with Gasteiger partial charge in [-0.2, -0.15) is 0 Å². The molecule has 3 aliphatic rings. The van der Waals surface area contributed by atoms with Crippen molar-refractivity contribution >= 4 is 17.6 Å². The van der Waals surface area contributed by atoms with Crippen LogP contribution in [0.1, 0.15) is 44.9 Å². The molecule has 0 saturated heterocycles. The standard InChI is InChI=1S/C15H22N2S/c18-11-15-16-7-8-17(15)10-12-5-6-13-3-1-2-4-14(13)9-12/h7-8,11-12,15-16H,1-6,9-10H2. The summed E-state index contributed by atoms with van der Waals surface area (Å²) >= 11 is 5.07. The van der Waals surface area contributed by atoms with Gasteiger partial charge in [0.2, 0.25) is 0 Å². The number of thiocarbonyl (C=S) groups is 1. The second kappa shape index (κ2) is 5.43. The van der Waals surface area contributed by atoms with Gasteiger partial charge >= 0.3 is 0 Å². The van der Waals surface area contributed by atoms with Gasteiger partial charge in [-0.1, -0.05) is 23.4 Å². The monoisotopic (exact) mass is 262 g/mol. The number of hydrogen-bond acceptors (Lipinski definition) is 3. The first kappa shape index (κ1) is 12.2. The Morgan fingerprint density at radius 3 is 2.94 bits per heavy atom. The van der Waals surface area contributed by atoms with E-state index in [0.29, 0.717) is 0 Å². The molecule has 0 fully saturated rings. The molecule has 0 bridgehead atoms. The van der Waals surface area contributed by atoms with Gasteiger partial charge in [0.25, 0.3) is 0 Å². The number of nitrogens with one attached hydrogen (secondary N) is 1. The van der Waals surface area contributed by atoms with Gasteiger partial charge in [-0.25, -0.2) is 0 Å². The van der Waals surface area contributed by atoms with E-state index >= 15 is 0 Å². The van der Waals surface area contributed by atoms with Gasteiger partial charge in [0.1, 0.15) is 6.17 Å². The van der Waals surface area contributed by atoms with E-state index in [1.54, 1.807) is 11.1 Å². The van der Waals surface area contributed by atoms with Crippen molar-refractivity contribution in [3.8, 4) is 0 Å². The number of hydrogen-bond donors (Lipinski definition) is 1. The van der Waals surface area contributed by atoms with E-state index < -0.39 is 0 Å². The van der Waals surface area contributed by atoms with E-state index in [0.717, 1.165) is 12.5 Å². The highest BCUT2D eigenvalue weighted by Gasteiger charge is 2.26. The van der Waals surface area contributed by atoms with E-state index in [9.17, 15) is 0 Å². The Morgan fingerprint density at radius 1 is 1.28 bits per heavy atom. The zero-order valence-corrected chi connectivity index (χ0v) is 11.7. The molecule has 0 radical (unpaired) electrons. The maximum absolute atomic E-state index is 5.07. The van der Waals surface area contributed by atoms with Gasteiger partial charge in [0, 0.05) is 24.3 Å². The predicted molar refractivity (Wildman–Crippen MR) is 79.3 cm³/mol. The third kappa shape index (κ3) is 2.46. The van der Waals surface area contributed by atoms with Crippen molar-refractivity contribution in [1.29, 1.82) is 0 Å². The first-order valence-electron chi connectivity index (χ1n) is 7.20. The Labute approximate surface area is 115 Å². The van der Waals surface area contributed by atoms with E-state index in [2.05, 4.69) is 16.4 Å². The molecule has 1 heterocycles. The molecule has 18 heavy (non-hydrogen) atoms. The average Bonchev–Trinajstić information content (AvgIpc) is 2.86. The maximum Gasteiger partial charge on any atom is 0.128 e. The lowest BCUT2D eigenvalue weighted by atomic mass is 9.77. The summed E-state index contributed by atoms with van der Waals surface area (Å²) in [4.78, 5) is 2.35. The second-order valence-electron chi connectivity index (χ2n) is 5.78. The molecule has 1 N–H and O–H groups in total. The Balaban J connectivity index is 1.60. The highest BCUT2D eigenvalue weighted by Crippen LogP contribution is 2.38. The summed E-state index contributed by atoms with van der Waals surface area (Å²) in [5.74, 6) is 0.823. The first-order chi connectivity index (χ1) is 8.86. The van der Waals surface area contributed by atoms with Gasteiger partial charge in [-0.15, -0.1) is 0 Å². The summed E-state index contributed by atoms with van der Waals surface area (Å²) in [6.45, 7) is 1.15. The molecule has 3 rings (SSSR count). The van der Waals surface area contributed by atoms with Crippen LogP contribution in [-0.4, -0.2) is 23.0 Å². The minimum Gasteiger partial charge on any atom is -0.366 e. The van der Waals surface area contributed by atoms with Crippen LogP contribution < -0.4 is 5.32 Å². The fourth-order valence-corrected chi connectivity index (χ4v) is 3.81.